The molecule has 1 aliphatic rings. The Morgan fingerprint density at radius 3 is 2.50 bits per heavy atom. The van der Waals surface area contributed by atoms with Gasteiger partial charge in [0.15, 0.2) is 0 Å². The molecule has 0 atom stereocenters. The van der Waals surface area contributed by atoms with Crippen LogP contribution in [0.4, 0.5) is 5.69 Å². The second-order valence-electron chi connectivity index (χ2n) is 6.08. The van der Waals surface area contributed by atoms with Crippen molar-refractivity contribution in [2.75, 3.05) is 18.4 Å². The number of ether oxygens (including phenoxy) is 1. The molecule has 1 aliphatic heterocycles. The van der Waals surface area contributed by atoms with Crippen LogP contribution in [0, 0.1) is 5.92 Å². The van der Waals surface area contributed by atoms with Gasteiger partial charge in [0.1, 0.15) is 5.75 Å². The Morgan fingerprint density at radius 2 is 1.85 bits per heavy atom. The first-order chi connectivity index (χ1) is 11.8. The molecule has 1 aromatic carbocycles. The number of aromatic nitrogens is 1. The SMILES string of the molecule is Cl.Cl.O=C(CCC1CCNCC1)Nc1ccc(Oc2ccccc2)nc1. The van der Waals surface area contributed by atoms with Crippen LogP contribution in [0.3, 0.4) is 0 Å². The first-order valence-corrected chi connectivity index (χ1v) is 8.49. The zero-order valence-electron chi connectivity index (χ0n) is 14.5. The van der Waals surface area contributed by atoms with Crippen molar-refractivity contribution in [2.24, 2.45) is 5.92 Å². The predicted molar refractivity (Wildman–Crippen MR) is 109 cm³/mol. The largest absolute Gasteiger partial charge is 0.439 e. The topological polar surface area (TPSA) is 63.2 Å². The van der Waals surface area contributed by atoms with E-state index in [1.165, 1.54) is 12.8 Å². The van der Waals surface area contributed by atoms with Crippen LogP contribution >= 0.6 is 24.8 Å². The van der Waals surface area contributed by atoms with E-state index in [-0.39, 0.29) is 30.7 Å². The van der Waals surface area contributed by atoms with Gasteiger partial charge in [-0.3, -0.25) is 4.79 Å². The van der Waals surface area contributed by atoms with Crippen LogP contribution in [0.15, 0.2) is 48.7 Å². The molecule has 1 saturated heterocycles. The number of anilines is 1. The molecule has 0 saturated carbocycles. The molecule has 0 spiro atoms. The third-order valence-electron chi connectivity index (χ3n) is 4.22. The minimum Gasteiger partial charge on any atom is -0.439 e. The molecule has 0 bridgehead atoms. The van der Waals surface area contributed by atoms with Crippen molar-refractivity contribution >= 4 is 36.4 Å². The standard InChI is InChI=1S/C19H23N3O2.2ClH/c23-18(8-6-15-10-12-20-13-11-15)22-16-7-9-19(21-14-16)24-17-4-2-1-3-5-17;;/h1-5,7,9,14-15,20H,6,8,10-13H2,(H,22,23);2*1H. The Morgan fingerprint density at radius 1 is 1.12 bits per heavy atom. The van der Waals surface area contributed by atoms with Crippen molar-refractivity contribution < 1.29 is 9.53 Å². The zero-order chi connectivity index (χ0) is 16.6. The Bertz CT molecular complexity index is 648. The molecule has 1 amide bonds. The van der Waals surface area contributed by atoms with Crippen LogP contribution in [-0.2, 0) is 4.79 Å². The lowest BCUT2D eigenvalue weighted by Crippen LogP contribution is -2.28. The van der Waals surface area contributed by atoms with E-state index >= 15 is 0 Å². The molecule has 5 nitrogen and oxygen atoms in total. The normalized spacial score (nSPS) is 13.8. The second kappa shape index (κ2) is 11.7. The molecule has 0 unspecified atom stereocenters. The highest BCUT2D eigenvalue weighted by Crippen LogP contribution is 2.21. The number of para-hydroxylation sites is 1. The number of amides is 1. The van der Waals surface area contributed by atoms with Gasteiger partial charge in [0.05, 0.1) is 11.9 Å². The minimum absolute atomic E-state index is 0. The molecular weight excluding hydrogens is 373 g/mol. The van der Waals surface area contributed by atoms with Gasteiger partial charge in [-0.15, -0.1) is 24.8 Å². The maximum Gasteiger partial charge on any atom is 0.224 e. The fourth-order valence-corrected chi connectivity index (χ4v) is 2.85. The molecule has 0 radical (unpaired) electrons. The van der Waals surface area contributed by atoms with Gasteiger partial charge in [-0.25, -0.2) is 4.98 Å². The number of rotatable bonds is 6. The highest BCUT2D eigenvalue weighted by molar-refractivity contribution is 5.90. The van der Waals surface area contributed by atoms with Gasteiger partial charge < -0.3 is 15.4 Å². The summed E-state index contributed by atoms with van der Waals surface area (Å²) in [5.74, 6) is 1.96. The van der Waals surface area contributed by atoms with Gasteiger partial charge in [-0.05, 0) is 56.5 Å². The summed E-state index contributed by atoms with van der Waals surface area (Å²) < 4.78 is 5.64. The molecule has 2 N–H and O–H groups in total. The number of nitrogens with one attached hydrogen (secondary N) is 2. The second-order valence-corrected chi connectivity index (χ2v) is 6.08. The summed E-state index contributed by atoms with van der Waals surface area (Å²) in [4.78, 5) is 16.3. The molecular formula is C19H25Cl2N3O2. The Balaban J connectivity index is 0.00000169. The zero-order valence-corrected chi connectivity index (χ0v) is 16.2. The summed E-state index contributed by atoms with van der Waals surface area (Å²) in [5.41, 5.74) is 0.700. The van der Waals surface area contributed by atoms with Crippen molar-refractivity contribution in [3.05, 3.63) is 48.7 Å². The van der Waals surface area contributed by atoms with E-state index < -0.39 is 0 Å². The van der Waals surface area contributed by atoms with Crippen molar-refractivity contribution in [1.82, 2.24) is 10.3 Å². The number of hydrogen-bond acceptors (Lipinski definition) is 4. The maximum absolute atomic E-state index is 12.0. The van der Waals surface area contributed by atoms with Crippen molar-refractivity contribution in [1.29, 1.82) is 0 Å². The van der Waals surface area contributed by atoms with Crippen molar-refractivity contribution in [3.8, 4) is 11.6 Å². The van der Waals surface area contributed by atoms with E-state index in [1.54, 1.807) is 12.3 Å². The molecule has 26 heavy (non-hydrogen) atoms. The van der Waals surface area contributed by atoms with Crippen LogP contribution in [0.25, 0.3) is 0 Å². The first kappa shape index (κ1) is 22.2. The molecule has 0 aliphatic carbocycles. The highest BCUT2D eigenvalue weighted by Gasteiger charge is 2.14. The van der Waals surface area contributed by atoms with E-state index in [4.69, 9.17) is 4.74 Å². The van der Waals surface area contributed by atoms with E-state index in [1.807, 2.05) is 36.4 Å². The van der Waals surface area contributed by atoms with Crippen LogP contribution in [-0.4, -0.2) is 24.0 Å². The molecule has 3 rings (SSSR count). The van der Waals surface area contributed by atoms with Gasteiger partial charge in [0.2, 0.25) is 11.8 Å². The summed E-state index contributed by atoms with van der Waals surface area (Å²) in [6.07, 6.45) is 5.48. The number of piperidine rings is 1. The van der Waals surface area contributed by atoms with Crippen LogP contribution < -0.4 is 15.4 Å². The fourth-order valence-electron chi connectivity index (χ4n) is 2.85. The van der Waals surface area contributed by atoms with E-state index in [0.29, 0.717) is 23.9 Å². The fraction of sp³-hybridized carbons (Fsp3) is 0.368. The quantitative estimate of drug-likeness (QED) is 0.756. The smallest absolute Gasteiger partial charge is 0.224 e. The van der Waals surface area contributed by atoms with Gasteiger partial charge in [-0.1, -0.05) is 18.2 Å². The van der Waals surface area contributed by atoms with Gasteiger partial charge in [-0.2, -0.15) is 0 Å². The number of benzene rings is 1. The third-order valence-corrected chi connectivity index (χ3v) is 4.22. The van der Waals surface area contributed by atoms with Gasteiger partial charge in [0, 0.05) is 12.5 Å². The molecule has 7 heteroatoms. The van der Waals surface area contributed by atoms with Crippen LogP contribution in [0.5, 0.6) is 11.6 Å². The molecule has 2 heterocycles. The Hall–Kier alpha value is -1.82. The number of pyridine rings is 1. The van der Waals surface area contributed by atoms with E-state index in [0.717, 1.165) is 25.3 Å². The van der Waals surface area contributed by atoms with Gasteiger partial charge >= 0.3 is 0 Å². The number of nitrogens with zero attached hydrogens (tertiary/aromatic N) is 1. The third kappa shape index (κ3) is 7.20. The first-order valence-electron chi connectivity index (χ1n) is 8.49. The number of carbonyl (C=O) groups excluding carboxylic acids is 1. The monoisotopic (exact) mass is 397 g/mol. The van der Waals surface area contributed by atoms with Crippen LogP contribution in [0.1, 0.15) is 25.7 Å². The molecule has 2 aromatic rings. The van der Waals surface area contributed by atoms with Gasteiger partial charge in [0.25, 0.3) is 0 Å². The lowest BCUT2D eigenvalue weighted by atomic mass is 9.93. The lowest BCUT2D eigenvalue weighted by Gasteiger charge is -2.22. The average Bonchev–Trinajstić information content (AvgIpc) is 2.63. The Kier molecular flexibility index (Phi) is 10.0. The predicted octanol–water partition coefficient (Wildman–Crippen LogP) is 4.44. The van der Waals surface area contributed by atoms with Crippen molar-refractivity contribution in [3.63, 3.8) is 0 Å². The number of halogens is 2. The molecule has 1 aromatic heterocycles. The highest BCUT2D eigenvalue weighted by atomic mass is 35.5. The Labute approximate surface area is 166 Å². The van der Waals surface area contributed by atoms with E-state index in [2.05, 4.69) is 15.6 Å². The summed E-state index contributed by atoms with van der Waals surface area (Å²) >= 11 is 0. The molecule has 1 fully saturated rings. The number of hydrogen-bond donors (Lipinski definition) is 2. The summed E-state index contributed by atoms with van der Waals surface area (Å²) in [6.45, 7) is 2.14. The summed E-state index contributed by atoms with van der Waals surface area (Å²) in [5, 5.41) is 6.24. The molecule has 142 valence electrons. The van der Waals surface area contributed by atoms with Crippen molar-refractivity contribution in [2.45, 2.75) is 25.7 Å². The summed E-state index contributed by atoms with van der Waals surface area (Å²) in [7, 11) is 0. The minimum atomic E-state index is 0. The van der Waals surface area contributed by atoms with Crippen LogP contribution in [0.2, 0.25) is 0 Å². The average molecular weight is 398 g/mol. The van der Waals surface area contributed by atoms with E-state index in [9.17, 15) is 4.79 Å². The lowest BCUT2D eigenvalue weighted by molar-refractivity contribution is -0.116. The number of carbonyl (C=O) groups is 1. The maximum atomic E-state index is 12.0. The summed E-state index contributed by atoms with van der Waals surface area (Å²) in [6, 6.07) is 13.1.